The molecule has 0 aliphatic heterocycles. The summed E-state index contributed by atoms with van der Waals surface area (Å²) in [4.78, 5) is 31.4. The van der Waals surface area contributed by atoms with Gasteiger partial charge in [0.05, 0.1) is 23.6 Å². The Morgan fingerprint density at radius 2 is 1.89 bits per heavy atom. The van der Waals surface area contributed by atoms with E-state index in [9.17, 15) is 9.18 Å². The molecule has 1 amide bonds. The Kier molecular flexibility index (Phi) is 6.16. The van der Waals surface area contributed by atoms with E-state index in [1.165, 1.54) is 23.4 Å². The number of para-hydroxylation sites is 1. The van der Waals surface area contributed by atoms with Crippen LogP contribution in [-0.4, -0.2) is 41.2 Å². The van der Waals surface area contributed by atoms with E-state index in [1.807, 2.05) is 43.5 Å². The number of fused-ring (bicyclic) bond motifs is 1. The number of halogens is 1. The van der Waals surface area contributed by atoms with Crippen LogP contribution in [0.3, 0.4) is 0 Å². The molecule has 4 heterocycles. The maximum absolute atomic E-state index is 14.8. The number of hydrogen-bond acceptors (Lipinski definition) is 6. The number of hydrogen-bond donors (Lipinski definition) is 1. The third kappa shape index (κ3) is 5.18. The molecule has 4 aromatic heterocycles. The molecular formula is C27H26FN7O2. The number of nitrogens with zero attached hydrogens (tertiary/aromatic N) is 6. The predicted molar refractivity (Wildman–Crippen MR) is 137 cm³/mol. The average molecular weight is 500 g/mol. The summed E-state index contributed by atoms with van der Waals surface area (Å²) in [6, 6.07) is 15.5. The monoisotopic (exact) mass is 499 g/mol. The number of aromatic amines is 1. The molecule has 1 N–H and O–H groups in total. The molecule has 0 unspecified atom stereocenters. The molecule has 37 heavy (non-hydrogen) atoms. The Bertz CT molecular complexity index is 1590. The molecule has 0 saturated carbocycles. The zero-order valence-electron chi connectivity index (χ0n) is 20.9. The maximum Gasteiger partial charge on any atom is 0.415 e. The topological polar surface area (TPSA) is 101 Å². The number of anilines is 1. The van der Waals surface area contributed by atoms with Gasteiger partial charge in [-0.1, -0.05) is 18.2 Å². The first-order valence-corrected chi connectivity index (χ1v) is 11.8. The number of aryl methyl sites for hydroxylation is 1. The van der Waals surface area contributed by atoms with Crippen LogP contribution in [-0.2, 0) is 11.3 Å². The van der Waals surface area contributed by atoms with Crippen molar-refractivity contribution >= 4 is 17.4 Å². The molecule has 0 fully saturated rings. The van der Waals surface area contributed by atoms with Crippen LogP contribution in [0.15, 0.2) is 67.1 Å². The lowest BCUT2D eigenvalue weighted by Gasteiger charge is -2.27. The van der Waals surface area contributed by atoms with Crippen LogP contribution < -0.4 is 4.90 Å². The summed E-state index contributed by atoms with van der Waals surface area (Å²) in [6.07, 6.45) is 2.63. The number of pyridine rings is 2. The maximum atomic E-state index is 14.8. The van der Waals surface area contributed by atoms with Gasteiger partial charge in [0.1, 0.15) is 29.3 Å². The fraction of sp³-hybridized carbons (Fsp3) is 0.222. The SMILES string of the molecule is Cc1cccc(-c2nc(CN(C(=O)OC(C)(C)C)c3ccccc3F)[nH]c2-c2ccc3ncnn3c2)n1. The number of ether oxygens (including phenoxy) is 1. The number of aromatic nitrogens is 6. The Morgan fingerprint density at radius 3 is 2.65 bits per heavy atom. The minimum atomic E-state index is -0.765. The van der Waals surface area contributed by atoms with Crippen LogP contribution in [0.5, 0.6) is 0 Å². The normalized spacial score (nSPS) is 11.6. The van der Waals surface area contributed by atoms with Gasteiger partial charge in [-0.25, -0.2) is 23.7 Å². The van der Waals surface area contributed by atoms with Crippen molar-refractivity contribution in [3.05, 3.63) is 84.5 Å². The van der Waals surface area contributed by atoms with Gasteiger partial charge >= 0.3 is 6.09 Å². The summed E-state index contributed by atoms with van der Waals surface area (Å²) in [7, 11) is 0. The summed E-state index contributed by atoms with van der Waals surface area (Å²) in [5.41, 5.74) is 3.60. The summed E-state index contributed by atoms with van der Waals surface area (Å²) < 4.78 is 22.1. The van der Waals surface area contributed by atoms with E-state index in [4.69, 9.17) is 9.72 Å². The molecule has 9 nitrogen and oxygen atoms in total. The van der Waals surface area contributed by atoms with E-state index in [0.717, 1.165) is 11.3 Å². The third-order valence-electron chi connectivity index (χ3n) is 5.51. The van der Waals surface area contributed by atoms with Gasteiger partial charge in [-0.2, -0.15) is 5.10 Å². The van der Waals surface area contributed by atoms with E-state index in [2.05, 4.69) is 20.1 Å². The highest BCUT2D eigenvalue weighted by atomic mass is 19.1. The van der Waals surface area contributed by atoms with E-state index < -0.39 is 17.5 Å². The van der Waals surface area contributed by atoms with Crippen LogP contribution in [0.4, 0.5) is 14.9 Å². The van der Waals surface area contributed by atoms with Crippen molar-refractivity contribution in [2.75, 3.05) is 4.90 Å². The number of benzene rings is 1. The summed E-state index contributed by atoms with van der Waals surface area (Å²) >= 11 is 0. The van der Waals surface area contributed by atoms with Gasteiger partial charge < -0.3 is 9.72 Å². The van der Waals surface area contributed by atoms with Crippen molar-refractivity contribution in [2.45, 2.75) is 39.8 Å². The van der Waals surface area contributed by atoms with Crippen LogP contribution in [0.25, 0.3) is 28.3 Å². The van der Waals surface area contributed by atoms with Crippen LogP contribution in [0.2, 0.25) is 0 Å². The lowest BCUT2D eigenvalue weighted by Crippen LogP contribution is -2.37. The zero-order valence-corrected chi connectivity index (χ0v) is 20.9. The number of amides is 1. The van der Waals surface area contributed by atoms with Crippen LogP contribution >= 0.6 is 0 Å². The third-order valence-corrected chi connectivity index (χ3v) is 5.51. The highest BCUT2D eigenvalue weighted by molar-refractivity contribution is 5.88. The molecule has 188 valence electrons. The molecule has 0 aliphatic rings. The molecule has 1 aromatic carbocycles. The van der Waals surface area contributed by atoms with E-state index >= 15 is 0 Å². The molecule has 10 heteroatoms. The minimum Gasteiger partial charge on any atom is -0.443 e. The quantitative estimate of drug-likeness (QED) is 0.339. The van der Waals surface area contributed by atoms with Gasteiger partial charge in [-0.15, -0.1) is 0 Å². The first-order valence-electron chi connectivity index (χ1n) is 11.8. The molecule has 0 saturated heterocycles. The van der Waals surface area contributed by atoms with Crippen molar-refractivity contribution in [3.8, 4) is 22.6 Å². The first-order chi connectivity index (χ1) is 17.7. The lowest BCUT2D eigenvalue weighted by molar-refractivity contribution is 0.0575. The fourth-order valence-electron chi connectivity index (χ4n) is 3.92. The van der Waals surface area contributed by atoms with E-state index in [-0.39, 0.29) is 12.2 Å². The number of carbonyl (C=O) groups is 1. The summed E-state index contributed by atoms with van der Waals surface area (Å²) in [5, 5.41) is 4.23. The second kappa shape index (κ2) is 9.45. The number of H-pyrrole nitrogens is 1. The molecule has 0 atom stereocenters. The van der Waals surface area contributed by atoms with Gasteiger partial charge in [0, 0.05) is 17.5 Å². The predicted octanol–water partition coefficient (Wildman–Crippen LogP) is 5.57. The number of rotatable bonds is 5. The van der Waals surface area contributed by atoms with Gasteiger partial charge in [0.2, 0.25) is 0 Å². The second-order valence-electron chi connectivity index (χ2n) is 9.57. The zero-order chi connectivity index (χ0) is 26.2. The van der Waals surface area contributed by atoms with Crippen molar-refractivity contribution < 1.29 is 13.9 Å². The Hall–Kier alpha value is -4.60. The molecule has 5 rings (SSSR count). The molecule has 5 aromatic rings. The van der Waals surface area contributed by atoms with E-state index in [1.54, 1.807) is 37.4 Å². The Labute approximate surface area is 213 Å². The van der Waals surface area contributed by atoms with Crippen LogP contribution in [0.1, 0.15) is 32.3 Å². The minimum absolute atomic E-state index is 0.0553. The van der Waals surface area contributed by atoms with Crippen LogP contribution in [0, 0.1) is 12.7 Å². The Balaban J connectivity index is 1.61. The smallest absolute Gasteiger partial charge is 0.415 e. The van der Waals surface area contributed by atoms with Gasteiger partial charge in [-0.05, 0) is 64.1 Å². The van der Waals surface area contributed by atoms with Gasteiger partial charge in [0.15, 0.2) is 5.65 Å². The molecule has 0 spiro atoms. The molecular weight excluding hydrogens is 473 g/mol. The first kappa shape index (κ1) is 24.1. The van der Waals surface area contributed by atoms with Crippen molar-refractivity contribution in [1.82, 2.24) is 29.5 Å². The van der Waals surface area contributed by atoms with Gasteiger partial charge in [0.25, 0.3) is 0 Å². The lowest BCUT2D eigenvalue weighted by atomic mass is 10.1. The standard InChI is InChI=1S/C27H26FN7O2/c1-17-8-7-10-20(31-17)25-24(18-12-13-23-29-16-30-35(23)14-18)32-22(33-25)15-34(26(36)37-27(2,3)4)21-11-6-5-9-19(21)28/h5-14,16H,15H2,1-4H3,(H,32,33). The number of imidazole rings is 1. The summed E-state index contributed by atoms with van der Waals surface area (Å²) in [5.74, 6) is -0.113. The fourth-order valence-corrected chi connectivity index (χ4v) is 3.92. The molecule has 0 bridgehead atoms. The van der Waals surface area contributed by atoms with E-state index in [0.29, 0.717) is 28.6 Å². The van der Waals surface area contributed by atoms with Crippen molar-refractivity contribution in [3.63, 3.8) is 0 Å². The summed E-state index contributed by atoms with van der Waals surface area (Å²) in [6.45, 7) is 7.13. The number of carbonyl (C=O) groups excluding carboxylic acids is 1. The second-order valence-corrected chi connectivity index (χ2v) is 9.57. The largest absolute Gasteiger partial charge is 0.443 e. The van der Waals surface area contributed by atoms with Gasteiger partial charge in [-0.3, -0.25) is 9.88 Å². The Morgan fingerprint density at radius 1 is 1.08 bits per heavy atom. The highest BCUT2D eigenvalue weighted by Crippen LogP contribution is 2.31. The van der Waals surface area contributed by atoms with Crippen molar-refractivity contribution in [1.29, 1.82) is 0 Å². The average Bonchev–Trinajstić information content (AvgIpc) is 3.48. The molecule has 0 radical (unpaired) electrons. The number of nitrogens with one attached hydrogen (secondary N) is 1. The molecule has 0 aliphatic carbocycles. The highest BCUT2D eigenvalue weighted by Gasteiger charge is 2.27. The van der Waals surface area contributed by atoms with Crippen molar-refractivity contribution in [2.24, 2.45) is 0 Å².